The van der Waals surface area contributed by atoms with Gasteiger partial charge in [0.05, 0.1) is 24.5 Å². The van der Waals surface area contributed by atoms with Gasteiger partial charge in [-0.05, 0) is 6.42 Å². The smallest absolute Gasteiger partial charge is 0.277 e. The number of hydrogen-bond acceptors (Lipinski definition) is 5. The molecule has 1 fully saturated rings. The second-order valence-corrected chi connectivity index (χ2v) is 5.62. The van der Waals surface area contributed by atoms with Crippen LogP contribution in [0.15, 0.2) is 53.3 Å². The molecule has 0 aliphatic carbocycles. The van der Waals surface area contributed by atoms with Crippen LogP contribution in [0.3, 0.4) is 0 Å². The minimum atomic E-state index is -0.330. The molecule has 3 aromatic rings. The first-order chi connectivity index (χ1) is 11.8. The SMILES string of the molecule is O=C(Nc1cnn(C2CCOC2)c1)c1cc(-c2ccccc2)on1. The highest BCUT2D eigenvalue weighted by Gasteiger charge is 2.19. The van der Waals surface area contributed by atoms with Crippen molar-refractivity contribution in [1.29, 1.82) is 0 Å². The Labute approximate surface area is 138 Å². The van der Waals surface area contributed by atoms with E-state index in [1.54, 1.807) is 18.5 Å². The zero-order valence-electron chi connectivity index (χ0n) is 12.9. The van der Waals surface area contributed by atoms with E-state index in [2.05, 4.69) is 15.6 Å². The molecule has 0 saturated carbocycles. The van der Waals surface area contributed by atoms with Gasteiger partial charge in [-0.2, -0.15) is 5.10 Å². The molecule has 0 radical (unpaired) electrons. The number of aromatic nitrogens is 3. The van der Waals surface area contributed by atoms with Crippen LogP contribution in [-0.4, -0.2) is 34.1 Å². The number of carbonyl (C=O) groups is 1. The van der Waals surface area contributed by atoms with Gasteiger partial charge >= 0.3 is 0 Å². The monoisotopic (exact) mass is 324 g/mol. The number of benzene rings is 1. The highest BCUT2D eigenvalue weighted by atomic mass is 16.5. The third-order valence-electron chi connectivity index (χ3n) is 3.94. The van der Waals surface area contributed by atoms with E-state index in [0.29, 0.717) is 18.1 Å². The molecule has 4 rings (SSSR count). The molecule has 1 amide bonds. The van der Waals surface area contributed by atoms with Crippen LogP contribution < -0.4 is 5.32 Å². The summed E-state index contributed by atoms with van der Waals surface area (Å²) in [4.78, 5) is 12.3. The second-order valence-electron chi connectivity index (χ2n) is 5.62. The third kappa shape index (κ3) is 2.93. The lowest BCUT2D eigenvalue weighted by Crippen LogP contribution is -2.12. The van der Waals surface area contributed by atoms with Crippen LogP contribution in [0.2, 0.25) is 0 Å². The number of amides is 1. The van der Waals surface area contributed by atoms with E-state index < -0.39 is 0 Å². The molecule has 122 valence electrons. The zero-order valence-corrected chi connectivity index (χ0v) is 12.9. The summed E-state index contributed by atoms with van der Waals surface area (Å²) in [6, 6.07) is 11.4. The molecule has 1 unspecified atom stereocenters. The Bertz CT molecular complexity index is 834. The van der Waals surface area contributed by atoms with Crippen LogP contribution in [0.1, 0.15) is 23.0 Å². The first-order valence-corrected chi connectivity index (χ1v) is 7.75. The predicted molar refractivity (Wildman–Crippen MR) is 86.6 cm³/mol. The van der Waals surface area contributed by atoms with E-state index in [9.17, 15) is 4.79 Å². The van der Waals surface area contributed by atoms with Crippen molar-refractivity contribution in [2.45, 2.75) is 12.5 Å². The molecule has 0 spiro atoms. The minimum absolute atomic E-state index is 0.228. The molecule has 1 atom stereocenters. The Hall–Kier alpha value is -2.93. The fourth-order valence-corrected chi connectivity index (χ4v) is 2.65. The molecule has 3 heterocycles. The quantitative estimate of drug-likeness (QED) is 0.798. The molecular weight excluding hydrogens is 308 g/mol. The lowest BCUT2D eigenvalue weighted by Gasteiger charge is -2.06. The summed E-state index contributed by atoms with van der Waals surface area (Å²) >= 11 is 0. The van der Waals surface area contributed by atoms with Crippen molar-refractivity contribution in [3.63, 3.8) is 0 Å². The summed E-state index contributed by atoms with van der Waals surface area (Å²) in [6.45, 7) is 1.40. The first-order valence-electron chi connectivity index (χ1n) is 7.75. The van der Waals surface area contributed by atoms with Gasteiger partial charge in [0.1, 0.15) is 0 Å². The zero-order chi connectivity index (χ0) is 16.4. The Balaban J connectivity index is 1.46. The lowest BCUT2D eigenvalue weighted by molar-refractivity contribution is 0.101. The second kappa shape index (κ2) is 6.29. The molecule has 1 aliphatic heterocycles. The van der Waals surface area contributed by atoms with Crippen molar-refractivity contribution in [1.82, 2.24) is 14.9 Å². The lowest BCUT2D eigenvalue weighted by atomic mass is 10.1. The number of rotatable bonds is 4. The van der Waals surface area contributed by atoms with Gasteiger partial charge in [0.15, 0.2) is 11.5 Å². The normalized spacial score (nSPS) is 17.1. The van der Waals surface area contributed by atoms with Gasteiger partial charge in [0, 0.05) is 24.4 Å². The van der Waals surface area contributed by atoms with Crippen LogP contribution in [-0.2, 0) is 4.74 Å². The number of nitrogens with zero attached hydrogens (tertiary/aromatic N) is 3. The third-order valence-corrected chi connectivity index (χ3v) is 3.94. The summed E-state index contributed by atoms with van der Waals surface area (Å²) in [5.74, 6) is 0.225. The van der Waals surface area contributed by atoms with Crippen LogP contribution >= 0.6 is 0 Å². The minimum Gasteiger partial charge on any atom is -0.379 e. The van der Waals surface area contributed by atoms with E-state index in [4.69, 9.17) is 9.26 Å². The summed E-state index contributed by atoms with van der Waals surface area (Å²) in [5.41, 5.74) is 1.72. The fraction of sp³-hybridized carbons (Fsp3) is 0.235. The number of anilines is 1. The average molecular weight is 324 g/mol. The fourth-order valence-electron chi connectivity index (χ4n) is 2.65. The van der Waals surface area contributed by atoms with Crippen LogP contribution in [0.25, 0.3) is 11.3 Å². The summed E-state index contributed by atoms with van der Waals surface area (Å²) in [6.07, 6.45) is 4.35. The standard InChI is InChI=1S/C17H16N4O3/c22-17(15-8-16(24-20-15)12-4-2-1-3-5-12)19-13-9-18-21(10-13)14-6-7-23-11-14/h1-5,8-10,14H,6-7,11H2,(H,19,22). The Kier molecular flexibility index (Phi) is 3.84. The predicted octanol–water partition coefficient (Wildman–Crippen LogP) is 2.75. The van der Waals surface area contributed by atoms with Crippen molar-refractivity contribution in [2.24, 2.45) is 0 Å². The Morgan fingerprint density at radius 2 is 2.17 bits per heavy atom. The average Bonchev–Trinajstić information content (AvgIpc) is 3.36. The van der Waals surface area contributed by atoms with E-state index in [1.165, 1.54) is 0 Å². The first kappa shape index (κ1) is 14.6. The van der Waals surface area contributed by atoms with Crippen molar-refractivity contribution < 1.29 is 14.1 Å². The highest BCUT2D eigenvalue weighted by molar-refractivity contribution is 6.03. The Morgan fingerprint density at radius 3 is 2.96 bits per heavy atom. The molecular formula is C17H16N4O3. The molecule has 1 N–H and O–H groups in total. The maximum atomic E-state index is 12.3. The van der Waals surface area contributed by atoms with E-state index in [0.717, 1.165) is 18.6 Å². The summed E-state index contributed by atoms with van der Waals surface area (Å²) in [7, 11) is 0. The van der Waals surface area contributed by atoms with E-state index >= 15 is 0 Å². The molecule has 24 heavy (non-hydrogen) atoms. The van der Waals surface area contributed by atoms with Crippen LogP contribution in [0.5, 0.6) is 0 Å². The summed E-state index contributed by atoms with van der Waals surface area (Å²) < 4.78 is 12.4. The number of hydrogen-bond donors (Lipinski definition) is 1. The van der Waals surface area contributed by atoms with Gasteiger partial charge < -0.3 is 14.6 Å². The van der Waals surface area contributed by atoms with Gasteiger partial charge in [-0.25, -0.2) is 0 Å². The van der Waals surface area contributed by atoms with Gasteiger partial charge in [0.2, 0.25) is 0 Å². The van der Waals surface area contributed by atoms with Gasteiger partial charge in [-0.15, -0.1) is 0 Å². The molecule has 0 bridgehead atoms. The molecule has 7 nitrogen and oxygen atoms in total. The molecule has 2 aromatic heterocycles. The summed E-state index contributed by atoms with van der Waals surface area (Å²) in [5, 5.41) is 10.9. The van der Waals surface area contributed by atoms with Crippen LogP contribution in [0.4, 0.5) is 5.69 Å². The number of ether oxygens (including phenoxy) is 1. The molecule has 7 heteroatoms. The van der Waals surface area contributed by atoms with Crippen molar-refractivity contribution in [3.05, 3.63) is 54.5 Å². The van der Waals surface area contributed by atoms with Crippen molar-refractivity contribution in [2.75, 3.05) is 18.5 Å². The Morgan fingerprint density at radius 1 is 1.29 bits per heavy atom. The van der Waals surface area contributed by atoms with Crippen molar-refractivity contribution >= 4 is 11.6 Å². The van der Waals surface area contributed by atoms with Crippen LogP contribution in [0, 0.1) is 0 Å². The van der Waals surface area contributed by atoms with E-state index in [-0.39, 0.29) is 17.6 Å². The molecule has 1 aliphatic rings. The van der Waals surface area contributed by atoms with E-state index in [1.807, 2.05) is 35.0 Å². The largest absolute Gasteiger partial charge is 0.379 e. The molecule has 1 aromatic carbocycles. The van der Waals surface area contributed by atoms with Gasteiger partial charge in [-0.1, -0.05) is 35.5 Å². The maximum absolute atomic E-state index is 12.3. The molecule has 1 saturated heterocycles. The van der Waals surface area contributed by atoms with Gasteiger partial charge in [-0.3, -0.25) is 9.48 Å². The highest BCUT2D eigenvalue weighted by Crippen LogP contribution is 2.22. The number of carbonyl (C=O) groups excluding carboxylic acids is 1. The van der Waals surface area contributed by atoms with Crippen molar-refractivity contribution in [3.8, 4) is 11.3 Å². The van der Waals surface area contributed by atoms with Gasteiger partial charge in [0.25, 0.3) is 5.91 Å². The number of nitrogens with one attached hydrogen (secondary N) is 1. The topological polar surface area (TPSA) is 82.2 Å². The maximum Gasteiger partial charge on any atom is 0.277 e.